The minimum absolute atomic E-state index is 0.183. The SMILES string of the molecule is O=C(ON1CC(Cc2ccc(Cl)cc2)C1)C(F)(F)F. The van der Waals surface area contributed by atoms with Crippen LogP contribution < -0.4 is 0 Å². The van der Waals surface area contributed by atoms with Crippen molar-refractivity contribution in [2.24, 2.45) is 5.92 Å². The third-order valence-electron chi connectivity index (χ3n) is 2.80. The Bertz CT molecular complexity index is 455. The van der Waals surface area contributed by atoms with Gasteiger partial charge in [0.25, 0.3) is 0 Å². The number of nitrogens with zero attached hydrogens (tertiary/aromatic N) is 1. The van der Waals surface area contributed by atoms with Gasteiger partial charge < -0.3 is 4.84 Å². The average molecular weight is 294 g/mol. The maximum Gasteiger partial charge on any atom is 0.492 e. The van der Waals surface area contributed by atoms with Crippen LogP contribution in [-0.2, 0) is 16.1 Å². The highest BCUT2D eigenvalue weighted by molar-refractivity contribution is 6.30. The monoisotopic (exact) mass is 293 g/mol. The number of rotatable bonds is 3. The van der Waals surface area contributed by atoms with Crippen LogP contribution in [0.25, 0.3) is 0 Å². The highest BCUT2D eigenvalue weighted by atomic mass is 35.5. The molecule has 0 bridgehead atoms. The van der Waals surface area contributed by atoms with Crippen LogP contribution in [-0.4, -0.2) is 30.3 Å². The molecule has 1 aliphatic rings. The van der Waals surface area contributed by atoms with E-state index in [0.29, 0.717) is 18.1 Å². The van der Waals surface area contributed by atoms with Crippen LogP contribution >= 0.6 is 11.6 Å². The van der Waals surface area contributed by atoms with Gasteiger partial charge in [0, 0.05) is 18.1 Å². The summed E-state index contributed by atoms with van der Waals surface area (Å²) in [5, 5.41) is 1.66. The van der Waals surface area contributed by atoms with Gasteiger partial charge >= 0.3 is 12.1 Å². The van der Waals surface area contributed by atoms with E-state index in [1.807, 2.05) is 12.1 Å². The van der Waals surface area contributed by atoms with Crippen molar-refractivity contribution in [1.82, 2.24) is 5.06 Å². The van der Waals surface area contributed by atoms with Crippen molar-refractivity contribution in [3.8, 4) is 0 Å². The van der Waals surface area contributed by atoms with E-state index in [2.05, 4.69) is 4.84 Å². The van der Waals surface area contributed by atoms with E-state index >= 15 is 0 Å². The number of carbonyl (C=O) groups excluding carboxylic acids is 1. The normalized spacial score (nSPS) is 17.1. The maximum absolute atomic E-state index is 11.9. The predicted octanol–water partition coefficient (Wildman–Crippen LogP) is 2.83. The summed E-state index contributed by atoms with van der Waals surface area (Å²) in [5.74, 6) is -1.99. The van der Waals surface area contributed by atoms with Crippen molar-refractivity contribution < 1.29 is 22.8 Å². The Morgan fingerprint density at radius 3 is 2.42 bits per heavy atom. The number of carbonyl (C=O) groups is 1. The largest absolute Gasteiger partial charge is 0.492 e. The Balaban J connectivity index is 1.75. The molecule has 0 saturated carbocycles. The van der Waals surface area contributed by atoms with Crippen LogP contribution in [0.5, 0.6) is 0 Å². The Hall–Kier alpha value is -1.27. The van der Waals surface area contributed by atoms with Crippen LogP contribution in [0.15, 0.2) is 24.3 Å². The van der Waals surface area contributed by atoms with Gasteiger partial charge in [-0.05, 0) is 30.0 Å². The van der Waals surface area contributed by atoms with Crippen LogP contribution in [0, 0.1) is 5.92 Å². The van der Waals surface area contributed by atoms with Crippen molar-refractivity contribution in [3.05, 3.63) is 34.9 Å². The van der Waals surface area contributed by atoms with E-state index in [1.165, 1.54) is 0 Å². The van der Waals surface area contributed by atoms with E-state index in [-0.39, 0.29) is 5.92 Å². The summed E-state index contributed by atoms with van der Waals surface area (Å²) in [7, 11) is 0. The highest BCUT2D eigenvalue weighted by Gasteiger charge is 2.44. The van der Waals surface area contributed by atoms with Gasteiger partial charge in [-0.3, -0.25) is 0 Å². The molecule has 2 rings (SSSR count). The van der Waals surface area contributed by atoms with Gasteiger partial charge in [-0.25, -0.2) is 4.79 Å². The Morgan fingerprint density at radius 1 is 1.32 bits per heavy atom. The molecule has 0 spiro atoms. The zero-order valence-electron chi connectivity index (χ0n) is 9.78. The molecule has 19 heavy (non-hydrogen) atoms. The molecule has 0 aromatic heterocycles. The lowest BCUT2D eigenvalue weighted by Gasteiger charge is -2.37. The first kappa shape index (κ1) is 14.1. The lowest BCUT2D eigenvalue weighted by molar-refractivity contribution is -0.258. The standard InChI is InChI=1S/C12H11ClF3NO2/c13-10-3-1-8(2-4-10)5-9-6-17(7-9)19-11(18)12(14,15)16/h1-4,9H,5-7H2. The molecule has 0 aliphatic carbocycles. The zero-order chi connectivity index (χ0) is 14.0. The van der Waals surface area contributed by atoms with E-state index in [0.717, 1.165) is 17.0 Å². The molecule has 104 valence electrons. The predicted molar refractivity (Wildman–Crippen MR) is 62.4 cm³/mol. The van der Waals surface area contributed by atoms with Crippen molar-refractivity contribution in [2.75, 3.05) is 13.1 Å². The Morgan fingerprint density at radius 2 is 1.89 bits per heavy atom. The van der Waals surface area contributed by atoms with Gasteiger partial charge in [0.05, 0.1) is 0 Å². The first-order chi connectivity index (χ1) is 8.84. The number of benzene rings is 1. The van der Waals surface area contributed by atoms with Gasteiger partial charge in [-0.15, -0.1) is 5.06 Å². The van der Waals surface area contributed by atoms with Crippen LogP contribution in [0.3, 0.4) is 0 Å². The summed E-state index contributed by atoms with van der Waals surface area (Å²) in [4.78, 5) is 14.8. The van der Waals surface area contributed by atoms with Crippen molar-refractivity contribution in [1.29, 1.82) is 0 Å². The summed E-state index contributed by atoms with van der Waals surface area (Å²) < 4.78 is 35.8. The van der Waals surface area contributed by atoms with Crippen molar-refractivity contribution in [2.45, 2.75) is 12.6 Å². The van der Waals surface area contributed by atoms with E-state index in [9.17, 15) is 18.0 Å². The number of hydrogen-bond acceptors (Lipinski definition) is 3. The second kappa shape index (κ2) is 5.38. The van der Waals surface area contributed by atoms with Crippen LogP contribution in [0.2, 0.25) is 5.02 Å². The molecule has 0 radical (unpaired) electrons. The fraction of sp³-hybridized carbons (Fsp3) is 0.417. The van der Waals surface area contributed by atoms with Gasteiger partial charge in [-0.2, -0.15) is 13.2 Å². The maximum atomic E-state index is 11.9. The highest BCUT2D eigenvalue weighted by Crippen LogP contribution is 2.24. The molecular weight excluding hydrogens is 283 g/mol. The number of alkyl halides is 3. The molecule has 7 heteroatoms. The molecule has 1 heterocycles. The summed E-state index contributed by atoms with van der Waals surface area (Å²) in [6.07, 6.45) is -4.22. The van der Waals surface area contributed by atoms with E-state index in [1.54, 1.807) is 12.1 Å². The third kappa shape index (κ3) is 3.84. The first-order valence-electron chi connectivity index (χ1n) is 5.63. The Kier molecular flexibility index (Phi) is 4.01. The average Bonchev–Trinajstić information content (AvgIpc) is 2.27. The molecular formula is C12H11ClF3NO2. The van der Waals surface area contributed by atoms with Gasteiger partial charge in [0.15, 0.2) is 0 Å². The van der Waals surface area contributed by atoms with Crippen molar-refractivity contribution >= 4 is 17.6 Å². The van der Waals surface area contributed by atoms with Gasteiger partial charge in [0.1, 0.15) is 0 Å². The summed E-state index contributed by atoms with van der Waals surface area (Å²) in [5.41, 5.74) is 1.05. The summed E-state index contributed by atoms with van der Waals surface area (Å²) in [6.45, 7) is 0.620. The van der Waals surface area contributed by atoms with Gasteiger partial charge in [0.2, 0.25) is 0 Å². The molecule has 1 aromatic rings. The summed E-state index contributed by atoms with van der Waals surface area (Å²) >= 11 is 5.75. The van der Waals surface area contributed by atoms with Crippen LogP contribution in [0.1, 0.15) is 5.56 Å². The number of halogens is 4. The molecule has 0 amide bonds. The minimum atomic E-state index is -4.94. The molecule has 0 atom stereocenters. The lowest BCUT2D eigenvalue weighted by atomic mass is 9.94. The smallest absolute Gasteiger partial charge is 0.361 e. The quantitative estimate of drug-likeness (QED) is 0.858. The molecule has 1 aliphatic heterocycles. The molecule has 0 unspecified atom stereocenters. The molecule has 3 nitrogen and oxygen atoms in total. The molecule has 0 N–H and O–H groups in total. The topological polar surface area (TPSA) is 29.5 Å². The van der Waals surface area contributed by atoms with Crippen LogP contribution in [0.4, 0.5) is 13.2 Å². The minimum Gasteiger partial charge on any atom is -0.361 e. The molecule has 1 fully saturated rings. The second-order valence-electron chi connectivity index (χ2n) is 4.42. The van der Waals surface area contributed by atoms with E-state index in [4.69, 9.17) is 11.6 Å². The first-order valence-corrected chi connectivity index (χ1v) is 6.01. The van der Waals surface area contributed by atoms with Crippen molar-refractivity contribution in [3.63, 3.8) is 0 Å². The Labute approximate surface area is 112 Å². The second-order valence-corrected chi connectivity index (χ2v) is 4.86. The molecule has 1 aromatic carbocycles. The van der Waals surface area contributed by atoms with Gasteiger partial charge in [-0.1, -0.05) is 23.7 Å². The fourth-order valence-corrected chi connectivity index (χ4v) is 1.97. The number of hydroxylamine groups is 2. The fourth-order valence-electron chi connectivity index (χ4n) is 1.85. The lowest BCUT2D eigenvalue weighted by Crippen LogP contribution is -2.50. The zero-order valence-corrected chi connectivity index (χ0v) is 10.5. The number of hydrogen-bond donors (Lipinski definition) is 0. The van der Waals surface area contributed by atoms with E-state index < -0.39 is 12.1 Å². The summed E-state index contributed by atoms with van der Waals surface area (Å²) in [6, 6.07) is 7.26. The third-order valence-corrected chi connectivity index (χ3v) is 3.06. The molecule has 1 saturated heterocycles.